The van der Waals surface area contributed by atoms with Crippen molar-refractivity contribution in [1.82, 2.24) is 0 Å². The summed E-state index contributed by atoms with van der Waals surface area (Å²) in [6, 6.07) is 0. The Hall–Kier alpha value is -0.790. The van der Waals surface area contributed by atoms with Crippen molar-refractivity contribution in [3.05, 3.63) is 11.6 Å². The third kappa shape index (κ3) is 17.2. The molecular weight excluding hydrogens is 260 g/mol. The van der Waals surface area contributed by atoms with Gasteiger partial charge in [-0.25, -0.2) is 0 Å². The van der Waals surface area contributed by atoms with Crippen molar-refractivity contribution in [2.45, 2.75) is 104 Å². The Morgan fingerprint density at radius 1 is 0.810 bits per heavy atom. The molecular formula is C19H36O2. The average molecular weight is 296 g/mol. The summed E-state index contributed by atoms with van der Waals surface area (Å²) in [5, 5.41) is 8.53. The van der Waals surface area contributed by atoms with Gasteiger partial charge in [-0.05, 0) is 39.0 Å². The van der Waals surface area contributed by atoms with Crippen molar-refractivity contribution in [2.24, 2.45) is 0 Å². The molecule has 2 nitrogen and oxygen atoms in total. The Kier molecular flexibility index (Phi) is 15.0. The highest BCUT2D eigenvalue weighted by Gasteiger charge is 1.96. The van der Waals surface area contributed by atoms with Crippen molar-refractivity contribution in [2.75, 3.05) is 0 Å². The Morgan fingerprint density at radius 3 is 1.95 bits per heavy atom. The van der Waals surface area contributed by atoms with Crippen LogP contribution < -0.4 is 0 Å². The van der Waals surface area contributed by atoms with Gasteiger partial charge in [0.15, 0.2) is 0 Å². The molecule has 0 rings (SSSR count). The zero-order valence-electron chi connectivity index (χ0n) is 14.3. The lowest BCUT2D eigenvalue weighted by atomic mass is 10.0. The second-order valence-electron chi connectivity index (χ2n) is 6.27. The number of hydrogen-bond donors (Lipinski definition) is 1. The van der Waals surface area contributed by atoms with Gasteiger partial charge in [0.1, 0.15) is 0 Å². The van der Waals surface area contributed by atoms with Gasteiger partial charge in [-0.15, -0.1) is 0 Å². The molecule has 0 aromatic rings. The summed E-state index contributed by atoms with van der Waals surface area (Å²) in [5.74, 6) is -0.660. The van der Waals surface area contributed by atoms with Gasteiger partial charge in [0.05, 0.1) is 0 Å². The summed E-state index contributed by atoms with van der Waals surface area (Å²) in [6.45, 7) is 4.53. The second-order valence-corrected chi connectivity index (χ2v) is 6.27. The maximum Gasteiger partial charge on any atom is 0.303 e. The Bertz CT molecular complexity index is 269. The fourth-order valence-corrected chi connectivity index (χ4v) is 2.59. The standard InChI is InChI=1S/C19H36O2/c1-3-4-5-12-15-18(2)16-13-10-8-6-7-9-11-14-17-19(20)21/h16H,3-15,17H2,1-2H3,(H,20,21)/b18-16+. The molecule has 1 N–H and O–H groups in total. The molecule has 21 heavy (non-hydrogen) atoms. The van der Waals surface area contributed by atoms with Crippen LogP contribution in [-0.2, 0) is 4.79 Å². The topological polar surface area (TPSA) is 37.3 Å². The predicted octanol–water partition coefficient (Wildman–Crippen LogP) is 6.50. The lowest BCUT2D eigenvalue weighted by molar-refractivity contribution is -0.137. The van der Waals surface area contributed by atoms with Gasteiger partial charge < -0.3 is 5.11 Å². The summed E-state index contributed by atoms with van der Waals surface area (Å²) in [5.41, 5.74) is 1.57. The van der Waals surface area contributed by atoms with E-state index in [0.717, 1.165) is 12.8 Å². The van der Waals surface area contributed by atoms with Crippen LogP contribution in [0.1, 0.15) is 104 Å². The normalized spacial score (nSPS) is 11.8. The minimum Gasteiger partial charge on any atom is -0.481 e. The van der Waals surface area contributed by atoms with Crippen LogP contribution >= 0.6 is 0 Å². The fraction of sp³-hybridized carbons (Fsp3) is 0.842. The number of unbranched alkanes of at least 4 members (excludes halogenated alkanes) is 10. The lowest BCUT2D eigenvalue weighted by Gasteiger charge is -2.02. The van der Waals surface area contributed by atoms with Crippen LogP contribution in [0.2, 0.25) is 0 Å². The average Bonchev–Trinajstić information content (AvgIpc) is 2.45. The molecule has 0 aromatic heterocycles. The molecule has 2 heteroatoms. The van der Waals surface area contributed by atoms with Crippen molar-refractivity contribution in [1.29, 1.82) is 0 Å². The first kappa shape index (κ1) is 20.2. The van der Waals surface area contributed by atoms with E-state index in [1.807, 2.05) is 0 Å². The maximum absolute atomic E-state index is 10.4. The van der Waals surface area contributed by atoms with Crippen LogP contribution in [0.25, 0.3) is 0 Å². The number of rotatable bonds is 15. The van der Waals surface area contributed by atoms with E-state index in [2.05, 4.69) is 19.9 Å². The van der Waals surface area contributed by atoms with Gasteiger partial charge in [0.25, 0.3) is 0 Å². The third-order valence-electron chi connectivity index (χ3n) is 4.01. The third-order valence-corrected chi connectivity index (χ3v) is 4.01. The van der Waals surface area contributed by atoms with Crippen LogP contribution in [0.3, 0.4) is 0 Å². The maximum atomic E-state index is 10.4. The van der Waals surface area contributed by atoms with E-state index in [0.29, 0.717) is 6.42 Å². The van der Waals surface area contributed by atoms with Gasteiger partial charge in [-0.3, -0.25) is 4.79 Å². The highest BCUT2D eigenvalue weighted by Crippen LogP contribution is 2.13. The first-order valence-electron chi connectivity index (χ1n) is 9.04. The molecule has 0 aliphatic carbocycles. The van der Waals surface area contributed by atoms with E-state index in [-0.39, 0.29) is 0 Å². The number of hydrogen-bond acceptors (Lipinski definition) is 1. The van der Waals surface area contributed by atoms with Crippen molar-refractivity contribution >= 4 is 5.97 Å². The molecule has 0 bridgehead atoms. The summed E-state index contributed by atoms with van der Waals surface area (Å²) in [7, 11) is 0. The van der Waals surface area contributed by atoms with Gasteiger partial charge in [-0.1, -0.05) is 69.9 Å². The monoisotopic (exact) mass is 296 g/mol. The molecule has 0 amide bonds. The highest BCUT2D eigenvalue weighted by molar-refractivity contribution is 5.66. The van der Waals surface area contributed by atoms with Crippen molar-refractivity contribution < 1.29 is 9.90 Å². The molecule has 0 heterocycles. The molecule has 0 spiro atoms. The smallest absolute Gasteiger partial charge is 0.303 e. The molecule has 0 aromatic carbocycles. The quantitative estimate of drug-likeness (QED) is 0.277. The zero-order chi connectivity index (χ0) is 15.8. The summed E-state index contributed by atoms with van der Waals surface area (Å²) in [4.78, 5) is 10.4. The first-order valence-corrected chi connectivity index (χ1v) is 9.04. The summed E-state index contributed by atoms with van der Waals surface area (Å²) in [6.07, 6.45) is 19.0. The Morgan fingerprint density at radius 2 is 1.33 bits per heavy atom. The largest absolute Gasteiger partial charge is 0.481 e. The van der Waals surface area contributed by atoms with Gasteiger partial charge in [-0.2, -0.15) is 0 Å². The predicted molar refractivity (Wildman–Crippen MR) is 91.7 cm³/mol. The number of carboxylic acids is 1. The van der Waals surface area contributed by atoms with Crippen LogP contribution in [-0.4, -0.2) is 11.1 Å². The van der Waals surface area contributed by atoms with E-state index >= 15 is 0 Å². The zero-order valence-corrected chi connectivity index (χ0v) is 14.3. The molecule has 0 saturated heterocycles. The van der Waals surface area contributed by atoms with Gasteiger partial charge in [0, 0.05) is 6.42 Å². The number of carbonyl (C=O) groups is 1. The minimum absolute atomic E-state index is 0.336. The van der Waals surface area contributed by atoms with E-state index in [1.54, 1.807) is 5.57 Å². The second kappa shape index (κ2) is 15.6. The summed E-state index contributed by atoms with van der Waals surface area (Å²) < 4.78 is 0. The van der Waals surface area contributed by atoms with Gasteiger partial charge >= 0.3 is 5.97 Å². The number of carboxylic acid groups (broad SMARTS) is 1. The van der Waals surface area contributed by atoms with E-state index in [4.69, 9.17) is 5.11 Å². The molecule has 0 unspecified atom stereocenters. The molecule has 124 valence electrons. The molecule has 0 aliphatic heterocycles. The van der Waals surface area contributed by atoms with Crippen LogP contribution in [0.5, 0.6) is 0 Å². The summed E-state index contributed by atoms with van der Waals surface area (Å²) >= 11 is 0. The minimum atomic E-state index is -0.660. The Labute approximate surface area is 132 Å². The van der Waals surface area contributed by atoms with Crippen LogP contribution in [0.15, 0.2) is 11.6 Å². The van der Waals surface area contributed by atoms with Crippen molar-refractivity contribution in [3.8, 4) is 0 Å². The molecule has 0 radical (unpaired) electrons. The van der Waals surface area contributed by atoms with Crippen LogP contribution in [0, 0.1) is 0 Å². The molecule has 0 atom stereocenters. The van der Waals surface area contributed by atoms with E-state index in [9.17, 15) is 4.79 Å². The van der Waals surface area contributed by atoms with E-state index in [1.165, 1.54) is 70.6 Å². The molecule has 0 aliphatic rings. The SMILES string of the molecule is CCCCCC/C(C)=C/CCCCCCCCCC(=O)O. The highest BCUT2D eigenvalue weighted by atomic mass is 16.4. The first-order chi connectivity index (χ1) is 10.2. The van der Waals surface area contributed by atoms with Gasteiger partial charge in [0.2, 0.25) is 0 Å². The van der Waals surface area contributed by atoms with Crippen molar-refractivity contribution in [3.63, 3.8) is 0 Å². The fourth-order valence-electron chi connectivity index (χ4n) is 2.59. The number of allylic oxidation sites excluding steroid dienone is 2. The van der Waals surface area contributed by atoms with E-state index < -0.39 is 5.97 Å². The lowest BCUT2D eigenvalue weighted by Crippen LogP contribution is -1.93. The molecule has 0 saturated carbocycles. The molecule has 0 fully saturated rings. The Balaban J connectivity index is 3.25. The number of aliphatic carboxylic acids is 1. The van der Waals surface area contributed by atoms with Crippen LogP contribution in [0.4, 0.5) is 0 Å².